The van der Waals surface area contributed by atoms with Crippen LogP contribution in [0, 0.1) is 5.92 Å². The van der Waals surface area contributed by atoms with E-state index in [9.17, 15) is 9.90 Å². The van der Waals surface area contributed by atoms with Gasteiger partial charge in [-0.2, -0.15) is 0 Å². The first-order valence-electron chi connectivity index (χ1n) is 5.59. The minimum Gasteiger partial charge on any atom is -0.491 e. The molecule has 2 N–H and O–H groups in total. The van der Waals surface area contributed by atoms with E-state index in [1.54, 1.807) is 24.3 Å². The van der Waals surface area contributed by atoms with Crippen molar-refractivity contribution in [2.75, 3.05) is 0 Å². The summed E-state index contributed by atoms with van der Waals surface area (Å²) >= 11 is 0. The van der Waals surface area contributed by atoms with Crippen molar-refractivity contribution >= 4 is 5.97 Å². The minimum atomic E-state index is -1.02. The fourth-order valence-corrected chi connectivity index (χ4v) is 1.47. The molecule has 0 spiro atoms. The Bertz CT molecular complexity index is 387. The molecule has 2 unspecified atom stereocenters. The van der Waals surface area contributed by atoms with Crippen LogP contribution in [-0.2, 0) is 4.79 Å². The second kappa shape index (κ2) is 5.68. The summed E-state index contributed by atoms with van der Waals surface area (Å²) in [5.41, 5.74) is 0.554. The van der Waals surface area contributed by atoms with E-state index in [4.69, 9.17) is 9.84 Å². The van der Waals surface area contributed by atoms with E-state index >= 15 is 0 Å². The Kier molecular flexibility index (Phi) is 4.52. The van der Waals surface area contributed by atoms with Gasteiger partial charge in [0.05, 0.1) is 18.1 Å². The second-order valence-corrected chi connectivity index (χ2v) is 4.31. The molecule has 0 aliphatic carbocycles. The van der Waals surface area contributed by atoms with Crippen LogP contribution in [0.15, 0.2) is 24.3 Å². The normalized spacial score (nSPS) is 14.4. The van der Waals surface area contributed by atoms with Gasteiger partial charge >= 0.3 is 5.97 Å². The molecule has 0 saturated carbocycles. The monoisotopic (exact) mass is 238 g/mol. The number of hydrogen-bond acceptors (Lipinski definition) is 3. The predicted molar refractivity (Wildman–Crippen MR) is 64.0 cm³/mol. The summed E-state index contributed by atoms with van der Waals surface area (Å²) in [5, 5.41) is 18.7. The summed E-state index contributed by atoms with van der Waals surface area (Å²) in [5.74, 6) is -1.23. The number of ether oxygens (including phenoxy) is 1. The van der Waals surface area contributed by atoms with Gasteiger partial charge in [-0.25, -0.2) is 0 Å². The van der Waals surface area contributed by atoms with Gasteiger partial charge in [0, 0.05) is 0 Å². The molecule has 1 rings (SSSR count). The second-order valence-electron chi connectivity index (χ2n) is 4.31. The van der Waals surface area contributed by atoms with Crippen molar-refractivity contribution in [2.45, 2.75) is 33.0 Å². The highest BCUT2D eigenvalue weighted by molar-refractivity contribution is 5.70. The van der Waals surface area contributed by atoms with E-state index in [0.717, 1.165) is 0 Å². The number of aliphatic hydroxyl groups is 1. The third kappa shape index (κ3) is 3.75. The molecule has 0 aromatic heterocycles. The summed E-state index contributed by atoms with van der Waals surface area (Å²) in [6.45, 7) is 5.29. The number of carboxylic acids is 1. The first kappa shape index (κ1) is 13.5. The fraction of sp³-hybridized carbons (Fsp3) is 0.462. The molecule has 1 aromatic rings. The summed E-state index contributed by atoms with van der Waals surface area (Å²) in [6, 6.07) is 6.88. The van der Waals surface area contributed by atoms with Gasteiger partial charge in [-0.1, -0.05) is 12.1 Å². The lowest BCUT2D eigenvalue weighted by atomic mass is 9.97. The molecular weight excluding hydrogens is 220 g/mol. The van der Waals surface area contributed by atoms with Crippen molar-refractivity contribution in [3.05, 3.63) is 29.8 Å². The maximum absolute atomic E-state index is 10.8. The van der Waals surface area contributed by atoms with Crippen LogP contribution in [0.25, 0.3) is 0 Å². The molecule has 0 heterocycles. The van der Waals surface area contributed by atoms with E-state index in [-0.39, 0.29) is 6.10 Å². The molecule has 0 fully saturated rings. The van der Waals surface area contributed by atoms with Crippen LogP contribution in [0.5, 0.6) is 5.75 Å². The van der Waals surface area contributed by atoms with Crippen molar-refractivity contribution in [3.8, 4) is 5.75 Å². The number of carbonyl (C=O) groups is 1. The summed E-state index contributed by atoms with van der Waals surface area (Å²) in [7, 11) is 0. The van der Waals surface area contributed by atoms with Crippen molar-refractivity contribution in [1.29, 1.82) is 0 Å². The van der Waals surface area contributed by atoms with Gasteiger partial charge in [-0.15, -0.1) is 0 Å². The Morgan fingerprint density at radius 3 is 2.47 bits per heavy atom. The van der Waals surface area contributed by atoms with Gasteiger partial charge in [0.1, 0.15) is 5.75 Å². The SMILES string of the molecule is CC(C)Oc1cccc(C(O)C(C)C(=O)O)c1. The van der Waals surface area contributed by atoms with Crippen LogP contribution < -0.4 is 4.74 Å². The van der Waals surface area contributed by atoms with Gasteiger partial charge in [0.2, 0.25) is 0 Å². The van der Waals surface area contributed by atoms with Crippen molar-refractivity contribution in [2.24, 2.45) is 5.92 Å². The van der Waals surface area contributed by atoms with Gasteiger partial charge < -0.3 is 14.9 Å². The van der Waals surface area contributed by atoms with Gasteiger partial charge in [0.15, 0.2) is 0 Å². The lowest BCUT2D eigenvalue weighted by molar-refractivity contribution is -0.145. The number of aliphatic carboxylic acids is 1. The third-order valence-corrected chi connectivity index (χ3v) is 2.43. The highest BCUT2D eigenvalue weighted by atomic mass is 16.5. The average molecular weight is 238 g/mol. The number of carboxylic acid groups (broad SMARTS) is 1. The first-order valence-corrected chi connectivity index (χ1v) is 5.59. The Morgan fingerprint density at radius 1 is 1.29 bits per heavy atom. The Morgan fingerprint density at radius 2 is 1.94 bits per heavy atom. The van der Waals surface area contributed by atoms with E-state index in [1.165, 1.54) is 6.92 Å². The van der Waals surface area contributed by atoms with Crippen LogP contribution in [0.1, 0.15) is 32.4 Å². The zero-order chi connectivity index (χ0) is 13.0. The molecule has 1 aromatic carbocycles. The van der Waals surface area contributed by atoms with Crippen LogP contribution >= 0.6 is 0 Å². The summed E-state index contributed by atoms with van der Waals surface area (Å²) in [4.78, 5) is 10.8. The standard InChI is InChI=1S/C13H18O4/c1-8(2)17-11-6-4-5-10(7-11)12(14)9(3)13(15)16/h4-9,12,14H,1-3H3,(H,15,16). The highest BCUT2D eigenvalue weighted by Crippen LogP contribution is 2.25. The topological polar surface area (TPSA) is 66.8 Å². The maximum atomic E-state index is 10.8. The molecule has 0 radical (unpaired) electrons. The quantitative estimate of drug-likeness (QED) is 0.825. The minimum absolute atomic E-state index is 0.0410. The van der Waals surface area contributed by atoms with Crippen molar-refractivity contribution in [3.63, 3.8) is 0 Å². The Balaban J connectivity index is 2.87. The van der Waals surface area contributed by atoms with Gasteiger partial charge in [-0.3, -0.25) is 4.79 Å². The molecule has 0 bridgehead atoms. The van der Waals surface area contributed by atoms with E-state index in [1.807, 2.05) is 13.8 Å². The largest absolute Gasteiger partial charge is 0.491 e. The molecule has 0 amide bonds. The third-order valence-electron chi connectivity index (χ3n) is 2.43. The molecule has 0 aliphatic rings. The molecule has 2 atom stereocenters. The molecule has 0 aliphatic heterocycles. The fourth-order valence-electron chi connectivity index (χ4n) is 1.47. The van der Waals surface area contributed by atoms with Gasteiger partial charge in [0.25, 0.3) is 0 Å². The maximum Gasteiger partial charge on any atom is 0.309 e. The first-order chi connectivity index (χ1) is 7.91. The van der Waals surface area contributed by atoms with Gasteiger partial charge in [-0.05, 0) is 38.5 Å². The number of rotatable bonds is 5. The van der Waals surface area contributed by atoms with E-state index in [2.05, 4.69) is 0 Å². The average Bonchev–Trinajstić information content (AvgIpc) is 2.26. The highest BCUT2D eigenvalue weighted by Gasteiger charge is 2.23. The predicted octanol–water partition coefficient (Wildman–Crippen LogP) is 2.23. The lowest BCUT2D eigenvalue weighted by Crippen LogP contribution is -2.18. The van der Waals surface area contributed by atoms with Crippen LogP contribution in [-0.4, -0.2) is 22.3 Å². The van der Waals surface area contributed by atoms with E-state index in [0.29, 0.717) is 11.3 Å². The van der Waals surface area contributed by atoms with Crippen molar-refractivity contribution < 1.29 is 19.7 Å². The molecule has 4 nitrogen and oxygen atoms in total. The van der Waals surface area contributed by atoms with E-state index < -0.39 is 18.0 Å². The smallest absolute Gasteiger partial charge is 0.309 e. The summed E-state index contributed by atoms with van der Waals surface area (Å²) in [6.07, 6.45) is -0.984. The molecule has 94 valence electrons. The number of hydrogen-bond donors (Lipinski definition) is 2. The molecular formula is C13H18O4. The summed E-state index contributed by atoms with van der Waals surface area (Å²) < 4.78 is 5.49. The zero-order valence-electron chi connectivity index (χ0n) is 10.3. The van der Waals surface area contributed by atoms with Crippen molar-refractivity contribution in [1.82, 2.24) is 0 Å². The van der Waals surface area contributed by atoms with Crippen LogP contribution in [0.3, 0.4) is 0 Å². The zero-order valence-corrected chi connectivity index (χ0v) is 10.3. The van der Waals surface area contributed by atoms with Crippen LogP contribution in [0.4, 0.5) is 0 Å². The molecule has 0 saturated heterocycles. The molecule has 17 heavy (non-hydrogen) atoms. The molecule has 4 heteroatoms. The Labute approximate surface area is 101 Å². The Hall–Kier alpha value is -1.55. The number of aliphatic hydroxyl groups excluding tert-OH is 1. The lowest BCUT2D eigenvalue weighted by Gasteiger charge is -2.17. The number of benzene rings is 1. The van der Waals surface area contributed by atoms with Crippen LogP contribution in [0.2, 0.25) is 0 Å².